The molecule has 0 aliphatic rings. The molecular weight excluding hydrogens is 304 g/mol. The molecule has 2 aromatic heterocycles. The minimum Gasteiger partial charge on any atom is -0.395 e. The van der Waals surface area contributed by atoms with E-state index in [1.165, 1.54) is 11.3 Å². The highest BCUT2D eigenvalue weighted by atomic mass is 32.1. The lowest BCUT2D eigenvalue weighted by Gasteiger charge is -2.03. The van der Waals surface area contributed by atoms with Crippen molar-refractivity contribution in [1.82, 2.24) is 10.3 Å². The van der Waals surface area contributed by atoms with Crippen molar-refractivity contribution < 1.29 is 9.90 Å². The molecule has 0 bridgehead atoms. The fourth-order valence-corrected chi connectivity index (χ4v) is 3.39. The lowest BCUT2D eigenvalue weighted by molar-refractivity contribution is 0.0954. The van der Waals surface area contributed by atoms with Gasteiger partial charge in [-0.3, -0.25) is 4.79 Å². The molecule has 0 unspecified atom stereocenters. The highest BCUT2D eigenvalue weighted by Crippen LogP contribution is 2.19. The Kier molecular flexibility index (Phi) is 5.51. The number of nitrogens with one attached hydrogen (secondary N) is 1. The minimum atomic E-state index is -0.0965. The van der Waals surface area contributed by atoms with Crippen LogP contribution in [0.2, 0.25) is 0 Å². The van der Waals surface area contributed by atoms with Crippen LogP contribution in [0.3, 0.4) is 0 Å². The average Bonchev–Trinajstić information content (AvgIpc) is 3.03. The highest BCUT2D eigenvalue weighted by Gasteiger charge is 2.14. The maximum absolute atomic E-state index is 12.1. The maximum Gasteiger partial charge on any atom is 0.263 e. The molecule has 0 aliphatic carbocycles. The van der Waals surface area contributed by atoms with Gasteiger partial charge in [-0.25, -0.2) is 4.98 Å². The number of carbonyl (C=O) groups is 1. The molecule has 21 heavy (non-hydrogen) atoms. The van der Waals surface area contributed by atoms with Crippen molar-refractivity contribution in [3.8, 4) is 11.8 Å². The van der Waals surface area contributed by atoms with Crippen LogP contribution in [0, 0.1) is 25.7 Å². The quantitative estimate of drug-likeness (QED) is 0.851. The van der Waals surface area contributed by atoms with Gasteiger partial charge in [0.05, 0.1) is 23.9 Å². The number of thiophene rings is 1. The smallest absolute Gasteiger partial charge is 0.263 e. The molecule has 4 nitrogen and oxygen atoms in total. The minimum absolute atomic E-state index is 0.0627. The molecule has 1 amide bonds. The van der Waals surface area contributed by atoms with Crippen LogP contribution < -0.4 is 5.32 Å². The molecule has 2 rings (SSSR count). The van der Waals surface area contributed by atoms with E-state index >= 15 is 0 Å². The summed E-state index contributed by atoms with van der Waals surface area (Å²) in [5.41, 5.74) is 1.68. The molecule has 110 valence electrons. The van der Waals surface area contributed by atoms with Gasteiger partial charge in [-0.15, -0.1) is 22.7 Å². The second kappa shape index (κ2) is 7.36. The van der Waals surface area contributed by atoms with Gasteiger partial charge in [-0.05, 0) is 25.3 Å². The van der Waals surface area contributed by atoms with E-state index in [0.717, 1.165) is 21.1 Å². The predicted octanol–water partition coefficient (Wildman–Crippen LogP) is 2.49. The van der Waals surface area contributed by atoms with E-state index in [4.69, 9.17) is 5.11 Å². The van der Waals surface area contributed by atoms with Gasteiger partial charge in [0.2, 0.25) is 0 Å². The predicted molar refractivity (Wildman–Crippen MR) is 85.7 cm³/mol. The average molecular weight is 320 g/mol. The summed E-state index contributed by atoms with van der Waals surface area (Å²) >= 11 is 2.97. The summed E-state index contributed by atoms with van der Waals surface area (Å²) < 4.78 is 0. The number of hydrogen-bond donors (Lipinski definition) is 2. The first-order chi connectivity index (χ1) is 10.1. The number of aliphatic hydroxyl groups is 1. The van der Waals surface area contributed by atoms with Crippen molar-refractivity contribution in [3.63, 3.8) is 0 Å². The Labute approximate surface area is 131 Å². The number of thiazole rings is 1. The fourth-order valence-electron chi connectivity index (χ4n) is 1.79. The summed E-state index contributed by atoms with van der Waals surface area (Å²) in [6, 6.07) is 1.93. The number of hydrogen-bond acceptors (Lipinski definition) is 5. The third-order valence-electron chi connectivity index (χ3n) is 2.72. The zero-order valence-corrected chi connectivity index (χ0v) is 13.5. The number of aliphatic hydroxyl groups excluding tert-OH is 1. The van der Waals surface area contributed by atoms with E-state index in [0.29, 0.717) is 17.8 Å². The van der Waals surface area contributed by atoms with Gasteiger partial charge in [-0.1, -0.05) is 11.8 Å². The van der Waals surface area contributed by atoms with Gasteiger partial charge >= 0.3 is 0 Å². The molecule has 2 N–H and O–H groups in total. The molecule has 2 aromatic rings. The molecule has 0 saturated heterocycles. The Bertz CT molecular complexity index is 692. The van der Waals surface area contributed by atoms with Crippen molar-refractivity contribution in [2.45, 2.75) is 26.8 Å². The third kappa shape index (κ3) is 4.14. The second-order valence-electron chi connectivity index (χ2n) is 4.36. The SMILES string of the molecule is Cc1nc(C)c(C(=O)NCc2sccc2C#CCCO)s1. The van der Waals surface area contributed by atoms with Gasteiger partial charge in [0.25, 0.3) is 5.91 Å². The van der Waals surface area contributed by atoms with Crippen LogP contribution in [0.1, 0.15) is 37.2 Å². The molecule has 0 fully saturated rings. The Hall–Kier alpha value is -1.68. The zero-order chi connectivity index (χ0) is 15.2. The maximum atomic E-state index is 12.1. The Morgan fingerprint density at radius 1 is 1.48 bits per heavy atom. The first-order valence-electron chi connectivity index (χ1n) is 6.50. The number of amides is 1. The van der Waals surface area contributed by atoms with E-state index in [9.17, 15) is 4.79 Å². The summed E-state index contributed by atoms with van der Waals surface area (Å²) in [5, 5.41) is 14.5. The lowest BCUT2D eigenvalue weighted by atomic mass is 10.2. The summed E-state index contributed by atoms with van der Waals surface area (Å²) in [6.45, 7) is 4.25. The van der Waals surface area contributed by atoms with Crippen molar-refractivity contribution in [2.24, 2.45) is 0 Å². The van der Waals surface area contributed by atoms with E-state index in [2.05, 4.69) is 22.1 Å². The standard InChI is InChI=1S/C15H16N2O2S2/c1-10-14(21-11(2)17-10)15(19)16-9-13-12(6-8-20-13)5-3-4-7-18/h6,8,18H,4,7,9H2,1-2H3,(H,16,19). The third-order valence-corrected chi connectivity index (χ3v) is 4.72. The van der Waals surface area contributed by atoms with Crippen molar-refractivity contribution in [3.05, 3.63) is 37.5 Å². The zero-order valence-electron chi connectivity index (χ0n) is 11.9. The van der Waals surface area contributed by atoms with Crippen molar-refractivity contribution in [2.75, 3.05) is 6.61 Å². The van der Waals surface area contributed by atoms with E-state index in [1.807, 2.05) is 25.3 Å². The van der Waals surface area contributed by atoms with Gasteiger partial charge in [0.1, 0.15) is 4.88 Å². The van der Waals surface area contributed by atoms with Gasteiger partial charge in [0.15, 0.2) is 0 Å². The van der Waals surface area contributed by atoms with Crippen LogP contribution in [0.15, 0.2) is 11.4 Å². The first kappa shape index (κ1) is 15.7. The fraction of sp³-hybridized carbons (Fsp3) is 0.333. The van der Waals surface area contributed by atoms with Crippen molar-refractivity contribution in [1.29, 1.82) is 0 Å². The van der Waals surface area contributed by atoms with Crippen molar-refractivity contribution >= 4 is 28.6 Å². The number of carbonyl (C=O) groups excluding carboxylic acids is 1. The highest BCUT2D eigenvalue weighted by molar-refractivity contribution is 7.13. The molecule has 0 radical (unpaired) electrons. The summed E-state index contributed by atoms with van der Waals surface area (Å²) in [6.07, 6.45) is 0.459. The molecule has 0 aromatic carbocycles. The van der Waals surface area contributed by atoms with Crippen LogP contribution in [0.25, 0.3) is 0 Å². The number of rotatable bonds is 4. The molecule has 0 aliphatic heterocycles. The Balaban J connectivity index is 2.01. The monoisotopic (exact) mass is 320 g/mol. The van der Waals surface area contributed by atoms with E-state index < -0.39 is 0 Å². The second-order valence-corrected chi connectivity index (χ2v) is 6.57. The van der Waals surface area contributed by atoms with E-state index in [-0.39, 0.29) is 12.5 Å². The molecule has 2 heterocycles. The van der Waals surface area contributed by atoms with Gasteiger partial charge in [-0.2, -0.15) is 0 Å². The van der Waals surface area contributed by atoms with Crippen LogP contribution in [0.5, 0.6) is 0 Å². The largest absolute Gasteiger partial charge is 0.395 e. The molecule has 6 heteroatoms. The van der Waals surface area contributed by atoms with Crippen LogP contribution >= 0.6 is 22.7 Å². The number of aryl methyl sites for hydroxylation is 2. The van der Waals surface area contributed by atoms with Crippen LogP contribution in [-0.4, -0.2) is 22.6 Å². The number of aromatic nitrogens is 1. The summed E-state index contributed by atoms with van der Waals surface area (Å²) in [4.78, 5) is 18.1. The molecule has 0 atom stereocenters. The summed E-state index contributed by atoms with van der Waals surface area (Å²) in [7, 11) is 0. The first-order valence-corrected chi connectivity index (χ1v) is 8.19. The lowest BCUT2D eigenvalue weighted by Crippen LogP contribution is -2.22. The topological polar surface area (TPSA) is 62.2 Å². The molecule has 0 spiro atoms. The van der Waals surface area contributed by atoms with Gasteiger partial charge < -0.3 is 10.4 Å². The van der Waals surface area contributed by atoms with E-state index in [1.54, 1.807) is 11.3 Å². The number of nitrogens with zero attached hydrogens (tertiary/aromatic N) is 1. The molecular formula is C15H16N2O2S2. The Morgan fingerprint density at radius 2 is 2.29 bits per heavy atom. The van der Waals surface area contributed by atoms with Gasteiger partial charge in [0, 0.05) is 16.9 Å². The molecule has 0 saturated carbocycles. The van der Waals surface area contributed by atoms with Crippen LogP contribution in [-0.2, 0) is 6.54 Å². The van der Waals surface area contributed by atoms with Crippen LogP contribution in [0.4, 0.5) is 0 Å². The Morgan fingerprint density at radius 3 is 2.95 bits per heavy atom. The summed E-state index contributed by atoms with van der Waals surface area (Å²) in [5.74, 6) is 5.81. The normalized spacial score (nSPS) is 10.0.